The molecule has 358 valence electrons. The van der Waals surface area contributed by atoms with Gasteiger partial charge in [0.2, 0.25) is 0 Å². The molecule has 0 aliphatic heterocycles. The zero-order chi connectivity index (χ0) is 50.2. The molecule has 2 heteroatoms. The summed E-state index contributed by atoms with van der Waals surface area (Å²) >= 11 is 1.88. The van der Waals surface area contributed by atoms with Gasteiger partial charge in [-0.25, -0.2) is 0 Å². The second-order valence-electron chi connectivity index (χ2n) is 20.5. The molecule has 0 saturated carbocycles. The first-order valence-electron chi connectivity index (χ1n) is 26.6. The third-order valence-corrected chi connectivity index (χ3v) is 18.0. The Kier molecular flexibility index (Phi) is 10.4. The van der Waals surface area contributed by atoms with E-state index in [1.807, 2.05) is 11.3 Å². The summed E-state index contributed by atoms with van der Waals surface area (Å²) in [4.78, 5) is 2.39. The summed E-state index contributed by atoms with van der Waals surface area (Å²) in [6.45, 7) is 0. The summed E-state index contributed by atoms with van der Waals surface area (Å²) < 4.78 is 2.65. The topological polar surface area (TPSA) is 3.24 Å². The molecule has 0 fully saturated rings. The van der Waals surface area contributed by atoms with Crippen LogP contribution in [0.5, 0.6) is 0 Å². The minimum absolute atomic E-state index is 0.446. The number of allylic oxidation sites excluding steroid dienone is 4. The van der Waals surface area contributed by atoms with Crippen molar-refractivity contribution in [3.05, 3.63) is 330 Å². The molecule has 0 radical (unpaired) electrons. The zero-order valence-electron chi connectivity index (χ0n) is 41.9. The van der Waals surface area contributed by atoms with Crippen molar-refractivity contribution in [3.63, 3.8) is 0 Å². The predicted molar refractivity (Wildman–Crippen MR) is 320 cm³/mol. The van der Waals surface area contributed by atoms with Crippen LogP contribution < -0.4 is 4.90 Å². The molecule has 3 aliphatic rings. The standard InChI is InChI=1S/C74H51NS/c1-4-19-50(20-5-1)51-35-42-57(43-36-51)75(59-46-39-53(40-47-59)60-27-18-28-63-62-26-11-17-34-71(62)76-72(60)63)58-44-37-52(38-45-58)54-41-48-66-64(49-54)61-25-10-12-29-65(61)74(66)69-32-15-13-30-67(69)73(55-21-6-2-7-22-55,56-23-8-3-9-24-56)68-31-14-16-33-70(68)74/h1-13,15-30,32-49H,14,31H2. The van der Waals surface area contributed by atoms with Crippen molar-refractivity contribution in [2.24, 2.45) is 0 Å². The van der Waals surface area contributed by atoms with Crippen molar-refractivity contribution in [2.75, 3.05) is 4.90 Å². The molecule has 0 saturated heterocycles. The minimum Gasteiger partial charge on any atom is -0.311 e. The van der Waals surface area contributed by atoms with Gasteiger partial charge in [-0.3, -0.25) is 0 Å². The Morgan fingerprint density at radius 3 is 1.50 bits per heavy atom. The highest BCUT2D eigenvalue weighted by molar-refractivity contribution is 7.26. The van der Waals surface area contributed by atoms with Crippen LogP contribution in [0.15, 0.2) is 296 Å². The maximum absolute atomic E-state index is 2.49. The van der Waals surface area contributed by atoms with E-state index < -0.39 is 10.8 Å². The lowest BCUT2D eigenvalue weighted by Crippen LogP contribution is -2.45. The van der Waals surface area contributed by atoms with Crippen LogP contribution >= 0.6 is 11.3 Å². The molecule has 1 unspecified atom stereocenters. The summed E-state index contributed by atoms with van der Waals surface area (Å²) in [6, 6.07) is 102. The van der Waals surface area contributed by atoms with E-state index in [4.69, 9.17) is 0 Å². The van der Waals surface area contributed by atoms with Crippen LogP contribution in [0.1, 0.15) is 46.2 Å². The van der Waals surface area contributed by atoms with Crippen molar-refractivity contribution in [2.45, 2.75) is 23.7 Å². The second kappa shape index (κ2) is 17.8. The van der Waals surface area contributed by atoms with E-state index in [9.17, 15) is 0 Å². The van der Waals surface area contributed by atoms with E-state index in [0.29, 0.717) is 0 Å². The molecule has 0 bridgehead atoms. The van der Waals surface area contributed by atoms with E-state index in [1.54, 1.807) is 0 Å². The van der Waals surface area contributed by atoms with Crippen LogP contribution in [0.25, 0.3) is 64.7 Å². The van der Waals surface area contributed by atoms with Gasteiger partial charge in [-0.05, 0) is 150 Å². The lowest BCUT2D eigenvalue weighted by molar-refractivity contribution is 0.581. The maximum atomic E-state index is 2.49. The fourth-order valence-corrected chi connectivity index (χ4v) is 14.8. The molecule has 1 heterocycles. The Balaban J connectivity index is 0.847. The Bertz CT molecular complexity index is 4200. The average Bonchev–Trinajstić information content (AvgIpc) is 4.21. The first-order valence-corrected chi connectivity index (χ1v) is 27.4. The Morgan fingerprint density at radius 1 is 0.342 bits per heavy atom. The number of fused-ring (bicyclic) bond motifs is 11. The van der Waals surface area contributed by atoms with Crippen LogP contribution in [-0.2, 0) is 10.8 Å². The smallest absolute Gasteiger partial charge is 0.0716 e. The van der Waals surface area contributed by atoms with Crippen LogP contribution in [0.3, 0.4) is 0 Å². The largest absolute Gasteiger partial charge is 0.311 e. The van der Waals surface area contributed by atoms with E-state index in [1.165, 1.54) is 109 Å². The number of hydrogen-bond donors (Lipinski definition) is 0. The van der Waals surface area contributed by atoms with Crippen molar-refractivity contribution in [1.29, 1.82) is 0 Å². The molecule has 3 aliphatic carbocycles. The second-order valence-corrected chi connectivity index (χ2v) is 21.6. The minimum atomic E-state index is -0.485. The van der Waals surface area contributed by atoms with Crippen molar-refractivity contribution < 1.29 is 0 Å². The third-order valence-electron chi connectivity index (χ3n) is 16.8. The van der Waals surface area contributed by atoms with Crippen LogP contribution in [-0.4, -0.2) is 0 Å². The normalized spacial score (nSPS) is 15.8. The van der Waals surface area contributed by atoms with Gasteiger partial charge in [0.05, 0.1) is 10.8 Å². The number of thiophene rings is 1. The van der Waals surface area contributed by atoms with Crippen molar-refractivity contribution >= 4 is 48.6 Å². The molecule has 1 spiro atoms. The quantitative estimate of drug-likeness (QED) is 0.147. The van der Waals surface area contributed by atoms with Crippen LogP contribution in [0.4, 0.5) is 17.1 Å². The van der Waals surface area contributed by atoms with Crippen LogP contribution in [0.2, 0.25) is 0 Å². The highest BCUT2D eigenvalue weighted by Crippen LogP contribution is 2.66. The molecule has 11 aromatic carbocycles. The summed E-state index contributed by atoms with van der Waals surface area (Å²) in [5.41, 5.74) is 23.2. The summed E-state index contributed by atoms with van der Waals surface area (Å²) in [6.07, 6.45) is 6.91. The van der Waals surface area contributed by atoms with Crippen molar-refractivity contribution in [1.82, 2.24) is 0 Å². The first kappa shape index (κ1) is 44.4. The summed E-state index contributed by atoms with van der Waals surface area (Å²) in [5, 5.41) is 2.64. The van der Waals surface area contributed by atoms with Crippen LogP contribution in [0, 0.1) is 0 Å². The molecule has 0 amide bonds. The van der Waals surface area contributed by atoms with Gasteiger partial charge in [0.25, 0.3) is 0 Å². The van der Waals surface area contributed by atoms with Gasteiger partial charge in [-0.15, -0.1) is 11.3 Å². The third kappa shape index (κ3) is 6.64. The molecule has 1 aromatic heterocycles. The number of nitrogens with zero attached hydrogens (tertiary/aromatic N) is 1. The molecule has 12 aromatic rings. The molecule has 1 nitrogen and oxygen atoms in total. The lowest BCUT2D eigenvalue weighted by atomic mass is 9.50. The zero-order valence-corrected chi connectivity index (χ0v) is 42.7. The van der Waals surface area contributed by atoms with E-state index >= 15 is 0 Å². The van der Waals surface area contributed by atoms with Gasteiger partial charge >= 0.3 is 0 Å². The van der Waals surface area contributed by atoms with Gasteiger partial charge in [0.15, 0.2) is 0 Å². The number of hydrogen-bond acceptors (Lipinski definition) is 2. The molecular weight excluding hydrogens is 935 g/mol. The molecule has 1 atom stereocenters. The fourth-order valence-electron chi connectivity index (χ4n) is 13.5. The molecule has 76 heavy (non-hydrogen) atoms. The Labute approximate surface area is 448 Å². The Hall–Kier alpha value is -9.08. The summed E-state index contributed by atoms with van der Waals surface area (Å²) in [7, 11) is 0. The van der Waals surface area contributed by atoms with E-state index in [-0.39, 0.29) is 0 Å². The van der Waals surface area contributed by atoms with Gasteiger partial charge in [-0.2, -0.15) is 0 Å². The fraction of sp³-hybridized carbons (Fsp3) is 0.0541. The van der Waals surface area contributed by atoms with Crippen molar-refractivity contribution in [3.8, 4) is 44.5 Å². The number of anilines is 3. The van der Waals surface area contributed by atoms with Gasteiger partial charge in [-0.1, -0.05) is 237 Å². The van der Waals surface area contributed by atoms with Gasteiger partial charge in [0.1, 0.15) is 0 Å². The molecule has 15 rings (SSSR count). The maximum Gasteiger partial charge on any atom is 0.0716 e. The Morgan fingerprint density at radius 2 is 0.829 bits per heavy atom. The first-order chi connectivity index (χ1) is 37.7. The molecular formula is C74H51NS. The monoisotopic (exact) mass is 985 g/mol. The molecule has 0 N–H and O–H groups in total. The highest BCUT2D eigenvalue weighted by Gasteiger charge is 2.57. The number of rotatable bonds is 8. The number of benzene rings is 11. The van der Waals surface area contributed by atoms with Gasteiger partial charge < -0.3 is 4.90 Å². The van der Waals surface area contributed by atoms with E-state index in [0.717, 1.165) is 29.9 Å². The average molecular weight is 986 g/mol. The lowest BCUT2D eigenvalue weighted by Gasteiger charge is -2.51. The predicted octanol–water partition coefficient (Wildman–Crippen LogP) is 19.8. The van der Waals surface area contributed by atoms with E-state index in [2.05, 4.69) is 290 Å². The highest BCUT2D eigenvalue weighted by atomic mass is 32.1. The summed E-state index contributed by atoms with van der Waals surface area (Å²) in [5.74, 6) is 0. The SMILES string of the molecule is C1=CC2=C(CC1)C(c1ccccc1)(c1ccccc1)c1ccccc1C21c2ccccc2-c2cc(-c3ccc(N(c4ccc(-c5ccccc5)cc4)c4ccc(-c5cccc6c5sc5ccccc56)cc4)cc3)ccc21. The van der Waals surface area contributed by atoms with Gasteiger partial charge in [0, 0.05) is 37.2 Å².